The average molecular weight is 252 g/mol. The molecule has 104 valence electrons. The summed E-state index contributed by atoms with van der Waals surface area (Å²) in [5.74, 6) is 0. The molecule has 3 fully saturated rings. The number of hydrogen-bond acceptors (Lipinski definition) is 3. The molecule has 18 heavy (non-hydrogen) atoms. The minimum Gasteiger partial charge on any atom is -0.375 e. The molecular weight excluding hydrogens is 224 g/mol. The lowest BCUT2D eigenvalue weighted by Crippen LogP contribution is -2.70. The van der Waals surface area contributed by atoms with Crippen molar-refractivity contribution in [2.75, 3.05) is 19.7 Å². The lowest BCUT2D eigenvalue weighted by Gasteiger charge is -2.54. The molecule has 0 aromatic carbocycles. The van der Waals surface area contributed by atoms with Crippen LogP contribution in [-0.4, -0.2) is 41.8 Å². The largest absolute Gasteiger partial charge is 0.375 e. The molecule has 2 saturated heterocycles. The Bertz CT molecular complexity index is 293. The first-order chi connectivity index (χ1) is 8.65. The third kappa shape index (κ3) is 2.33. The fourth-order valence-corrected chi connectivity index (χ4v) is 4.36. The summed E-state index contributed by atoms with van der Waals surface area (Å²) in [6.45, 7) is 5.43. The van der Waals surface area contributed by atoms with Crippen LogP contribution < -0.4 is 5.73 Å². The van der Waals surface area contributed by atoms with E-state index in [1.807, 2.05) is 0 Å². The van der Waals surface area contributed by atoms with Gasteiger partial charge in [0.1, 0.15) is 0 Å². The second kappa shape index (κ2) is 4.77. The SMILES string of the molecule is CCCC1(N)CN(C2CCOC3(CCCC3)C2)C1. The molecule has 0 aromatic rings. The van der Waals surface area contributed by atoms with Crippen molar-refractivity contribution in [1.29, 1.82) is 0 Å². The molecule has 0 bridgehead atoms. The van der Waals surface area contributed by atoms with Crippen LogP contribution in [0.5, 0.6) is 0 Å². The van der Waals surface area contributed by atoms with E-state index < -0.39 is 0 Å². The Balaban J connectivity index is 1.55. The molecule has 2 heterocycles. The molecule has 0 aromatic heterocycles. The van der Waals surface area contributed by atoms with Crippen molar-refractivity contribution in [1.82, 2.24) is 4.90 Å². The summed E-state index contributed by atoms with van der Waals surface area (Å²) in [5, 5.41) is 0. The average Bonchev–Trinajstić information content (AvgIpc) is 2.74. The van der Waals surface area contributed by atoms with Gasteiger partial charge in [-0.3, -0.25) is 4.90 Å². The van der Waals surface area contributed by atoms with Gasteiger partial charge in [-0.15, -0.1) is 0 Å². The number of nitrogens with zero attached hydrogens (tertiary/aromatic N) is 1. The molecule has 2 aliphatic heterocycles. The van der Waals surface area contributed by atoms with E-state index in [1.165, 1.54) is 51.4 Å². The van der Waals surface area contributed by atoms with Gasteiger partial charge in [-0.2, -0.15) is 0 Å². The van der Waals surface area contributed by atoms with E-state index in [0.717, 1.165) is 25.7 Å². The van der Waals surface area contributed by atoms with E-state index >= 15 is 0 Å². The van der Waals surface area contributed by atoms with Gasteiger partial charge in [-0.25, -0.2) is 0 Å². The third-order valence-corrected chi connectivity index (χ3v) is 5.28. The number of rotatable bonds is 3. The van der Waals surface area contributed by atoms with Crippen molar-refractivity contribution >= 4 is 0 Å². The first-order valence-electron chi connectivity index (χ1n) is 7.82. The van der Waals surface area contributed by atoms with Crippen molar-refractivity contribution < 1.29 is 4.74 Å². The summed E-state index contributed by atoms with van der Waals surface area (Å²) >= 11 is 0. The predicted octanol–water partition coefficient (Wildman–Crippen LogP) is 2.29. The van der Waals surface area contributed by atoms with E-state index in [2.05, 4.69) is 11.8 Å². The summed E-state index contributed by atoms with van der Waals surface area (Å²) < 4.78 is 6.12. The zero-order chi connectivity index (χ0) is 12.6. The molecule has 2 N–H and O–H groups in total. The molecule has 0 amide bonds. The van der Waals surface area contributed by atoms with E-state index in [4.69, 9.17) is 10.5 Å². The molecule has 1 aliphatic carbocycles. The summed E-state index contributed by atoms with van der Waals surface area (Å²) in [6, 6.07) is 0.741. The highest BCUT2D eigenvalue weighted by molar-refractivity contribution is 5.04. The van der Waals surface area contributed by atoms with Gasteiger partial charge in [0.25, 0.3) is 0 Å². The molecule has 1 spiro atoms. The summed E-state index contributed by atoms with van der Waals surface area (Å²) in [6.07, 6.45) is 10.2. The highest BCUT2D eigenvalue weighted by Crippen LogP contribution is 2.42. The van der Waals surface area contributed by atoms with Crippen molar-refractivity contribution in [3.05, 3.63) is 0 Å². The first kappa shape index (κ1) is 12.9. The molecular formula is C15H28N2O. The Hall–Kier alpha value is -0.120. The Morgan fingerprint density at radius 3 is 2.67 bits per heavy atom. The maximum Gasteiger partial charge on any atom is 0.0697 e. The second-order valence-corrected chi connectivity index (χ2v) is 6.90. The number of likely N-dealkylation sites (tertiary alicyclic amines) is 1. The number of hydrogen-bond donors (Lipinski definition) is 1. The van der Waals surface area contributed by atoms with Crippen LogP contribution in [0.4, 0.5) is 0 Å². The van der Waals surface area contributed by atoms with Gasteiger partial charge in [0.15, 0.2) is 0 Å². The molecule has 3 nitrogen and oxygen atoms in total. The Morgan fingerprint density at radius 2 is 2.00 bits per heavy atom. The summed E-state index contributed by atoms with van der Waals surface area (Å²) in [4.78, 5) is 2.62. The smallest absolute Gasteiger partial charge is 0.0697 e. The highest BCUT2D eigenvalue weighted by atomic mass is 16.5. The van der Waals surface area contributed by atoms with Crippen LogP contribution in [0.15, 0.2) is 0 Å². The van der Waals surface area contributed by atoms with E-state index in [1.54, 1.807) is 0 Å². The van der Waals surface area contributed by atoms with Crippen molar-refractivity contribution in [3.8, 4) is 0 Å². The van der Waals surface area contributed by atoms with Crippen LogP contribution >= 0.6 is 0 Å². The maximum atomic E-state index is 6.38. The van der Waals surface area contributed by atoms with Gasteiger partial charge in [0.2, 0.25) is 0 Å². The van der Waals surface area contributed by atoms with Crippen molar-refractivity contribution in [3.63, 3.8) is 0 Å². The number of ether oxygens (including phenoxy) is 1. The van der Waals surface area contributed by atoms with Crippen LogP contribution in [0.2, 0.25) is 0 Å². The molecule has 1 unspecified atom stereocenters. The quantitative estimate of drug-likeness (QED) is 0.837. The summed E-state index contributed by atoms with van der Waals surface area (Å²) in [5.41, 5.74) is 6.75. The van der Waals surface area contributed by atoms with E-state index in [-0.39, 0.29) is 11.1 Å². The molecule has 1 saturated carbocycles. The van der Waals surface area contributed by atoms with Gasteiger partial charge in [-0.1, -0.05) is 26.2 Å². The zero-order valence-corrected chi connectivity index (χ0v) is 11.8. The minimum absolute atomic E-state index is 0.121. The van der Waals surface area contributed by atoms with Gasteiger partial charge in [0.05, 0.1) is 5.60 Å². The Labute approximate surface area is 111 Å². The molecule has 3 heteroatoms. The van der Waals surface area contributed by atoms with Crippen LogP contribution in [0, 0.1) is 0 Å². The van der Waals surface area contributed by atoms with Crippen molar-refractivity contribution in [2.45, 2.75) is 75.5 Å². The van der Waals surface area contributed by atoms with E-state index in [0.29, 0.717) is 0 Å². The topological polar surface area (TPSA) is 38.5 Å². The zero-order valence-electron chi connectivity index (χ0n) is 11.8. The van der Waals surface area contributed by atoms with Crippen LogP contribution in [-0.2, 0) is 4.74 Å². The lowest BCUT2D eigenvalue weighted by atomic mass is 9.81. The fraction of sp³-hybridized carbons (Fsp3) is 1.00. The molecule has 3 rings (SSSR count). The van der Waals surface area contributed by atoms with Gasteiger partial charge in [-0.05, 0) is 32.1 Å². The van der Waals surface area contributed by atoms with Crippen LogP contribution in [0.3, 0.4) is 0 Å². The molecule has 1 atom stereocenters. The predicted molar refractivity (Wildman–Crippen MR) is 73.6 cm³/mol. The third-order valence-electron chi connectivity index (χ3n) is 5.28. The van der Waals surface area contributed by atoms with Gasteiger partial charge >= 0.3 is 0 Å². The maximum absolute atomic E-state index is 6.38. The highest BCUT2D eigenvalue weighted by Gasteiger charge is 2.47. The number of nitrogens with two attached hydrogens (primary N) is 1. The first-order valence-corrected chi connectivity index (χ1v) is 7.82. The van der Waals surface area contributed by atoms with E-state index in [9.17, 15) is 0 Å². The molecule has 0 radical (unpaired) electrons. The Kier molecular flexibility index (Phi) is 3.41. The van der Waals surface area contributed by atoms with Crippen LogP contribution in [0.1, 0.15) is 58.3 Å². The molecule has 3 aliphatic rings. The normalized spacial score (nSPS) is 34.7. The lowest BCUT2D eigenvalue weighted by molar-refractivity contribution is -0.119. The Morgan fingerprint density at radius 1 is 1.28 bits per heavy atom. The monoisotopic (exact) mass is 252 g/mol. The van der Waals surface area contributed by atoms with Crippen molar-refractivity contribution in [2.24, 2.45) is 5.73 Å². The summed E-state index contributed by atoms with van der Waals surface area (Å²) in [7, 11) is 0. The standard InChI is InChI=1S/C15H28N2O/c1-2-6-14(16)11-17(12-14)13-5-9-18-15(10-13)7-3-4-8-15/h13H,2-12,16H2,1H3. The minimum atomic E-state index is 0.121. The van der Waals surface area contributed by atoms with Gasteiger partial charge in [0, 0.05) is 31.3 Å². The fourth-order valence-electron chi connectivity index (χ4n) is 4.36. The second-order valence-electron chi connectivity index (χ2n) is 6.90. The van der Waals surface area contributed by atoms with Crippen LogP contribution in [0.25, 0.3) is 0 Å². The van der Waals surface area contributed by atoms with Gasteiger partial charge < -0.3 is 10.5 Å².